The average molecular weight is 576 g/mol. The van der Waals surface area contributed by atoms with Crippen LogP contribution in [0.5, 0.6) is 0 Å². The number of hydrogen-bond acceptors (Lipinski definition) is 6. The van der Waals surface area contributed by atoms with E-state index in [-0.39, 0.29) is 18.2 Å². The molecule has 11 heteroatoms. The Morgan fingerprint density at radius 1 is 1.15 bits per heavy atom. The smallest absolute Gasteiger partial charge is 0.417 e. The number of ether oxygens (including phenoxy) is 1. The van der Waals surface area contributed by atoms with Crippen molar-refractivity contribution in [1.29, 1.82) is 0 Å². The zero-order valence-electron chi connectivity index (χ0n) is 21.9. The van der Waals surface area contributed by atoms with Gasteiger partial charge < -0.3 is 20.5 Å². The number of carbonyl (C=O) groups is 4. The van der Waals surface area contributed by atoms with Gasteiger partial charge >= 0.3 is 12.1 Å². The Hall–Kier alpha value is -3.24. The summed E-state index contributed by atoms with van der Waals surface area (Å²) in [5.41, 5.74) is 1.69. The molecule has 0 spiro atoms. The van der Waals surface area contributed by atoms with Crippen LogP contribution in [-0.2, 0) is 25.5 Å². The Labute approximate surface area is 237 Å². The minimum Gasteiger partial charge on any atom is -0.480 e. The number of benzene rings is 2. The van der Waals surface area contributed by atoms with Crippen molar-refractivity contribution in [3.05, 3.63) is 70.7 Å². The molecular weight excluding hydrogens is 542 g/mol. The molecule has 3 amide bonds. The van der Waals surface area contributed by atoms with Crippen LogP contribution in [0.25, 0.3) is 0 Å². The number of carboxylic acid groups (broad SMARTS) is 1. The molecule has 1 saturated heterocycles. The highest BCUT2D eigenvalue weighted by Gasteiger charge is 2.33. The Bertz CT molecular complexity index is 1150. The minimum absolute atomic E-state index is 0.00367. The van der Waals surface area contributed by atoms with Gasteiger partial charge in [-0.15, -0.1) is 0 Å². The summed E-state index contributed by atoms with van der Waals surface area (Å²) < 4.78 is 8.36. The van der Waals surface area contributed by atoms with Crippen LogP contribution >= 0.6 is 23.5 Å². The first-order valence-corrected chi connectivity index (χ1v) is 14.1. The van der Waals surface area contributed by atoms with Crippen molar-refractivity contribution in [2.45, 2.75) is 56.9 Å². The van der Waals surface area contributed by atoms with Crippen LogP contribution in [0.3, 0.4) is 0 Å². The highest BCUT2D eigenvalue weighted by molar-refractivity contribution is 7.99. The summed E-state index contributed by atoms with van der Waals surface area (Å²) in [5, 5.41) is 14.7. The van der Waals surface area contributed by atoms with E-state index in [0.29, 0.717) is 30.8 Å². The van der Waals surface area contributed by atoms with E-state index >= 15 is 0 Å². The normalized spacial score (nSPS) is 17.1. The maximum absolute atomic E-state index is 13.1. The Morgan fingerprint density at radius 3 is 2.51 bits per heavy atom. The lowest BCUT2D eigenvalue weighted by Crippen LogP contribution is -2.47. The van der Waals surface area contributed by atoms with Crippen molar-refractivity contribution in [2.24, 2.45) is 11.8 Å². The zero-order chi connectivity index (χ0) is 28.4. The first kappa shape index (κ1) is 30.3. The molecule has 0 aliphatic carbocycles. The summed E-state index contributed by atoms with van der Waals surface area (Å²) in [4.78, 5) is 49.6. The molecule has 1 heterocycles. The van der Waals surface area contributed by atoms with Crippen LogP contribution in [0.4, 0.5) is 4.79 Å². The summed E-state index contributed by atoms with van der Waals surface area (Å²) >= 11 is 7.01. The van der Waals surface area contributed by atoms with E-state index in [1.807, 2.05) is 62.4 Å². The van der Waals surface area contributed by atoms with Crippen molar-refractivity contribution < 1.29 is 29.0 Å². The maximum atomic E-state index is 13.1. The number of carboxylic acids is 1. The second-order valence-electron chi connectivity index (χ2n) is 9.89. The largest absolute Gasteiger partial charge is 0.480 e. The quantitative estimate of drug-likeness (QED) is 0.258. The van der Waals surface area contributed by atoms with Gasteiger partial charge in [0.2, 0.25) is 11.8 Å². The van der Waals surface area contributed by atoms with Crippen LogP contribution in [0.1, 0.15) is 50.3 Å². The van der Waals surface area contributed by atoms with Gasteiger partial charge in [0.1, 0.15) is 17.4 Å². The average Bonchev–Trinajstić information content (AvgIpc) is 3.30. The minimum atomic E-state index is -1.21. The molecule has 0 bridgehead atoms. The molecule has 9 nitrogen and oxygen atoms in total. The molecule has 2 aromatic carbocycles. The van der Waals surface area contributed by atoms with Crippen LogP contribution in [-0.4, -0.2) is 46.8 Å². The van der Waals surface area contributed by atoms with Gasteiger partial charge in [0, 0.05) is 23.9 Å². The maximum Gasteiger partial charge on any atom is 0.417 e. The van der Waals surface area contributed by atoms with E-state index in [4.69, 9.17) is 16.3 Å². The number of rotatable bonds is 13. The highest BCUT2D eigenvalue weighted by atomic mass is 35.5. The topological polar surface area (TPSA) is 134 Å². The molecule has 210 valence electrons. The Morgan fingerprint density at radius 2 is 1.90 bits per heavy atom. The highest BCUT2D eigenvalue weighted by Crippen LogP contribution is 2.25. The monoisotopic (exact) mass is 575 g/mol. The molecule has 39 heavy (non-hydrogen) atoms. The summed E-state index contributed by atoms with van der Waals surface area (Å²) in [6.45, 7) is 4.34. The number of aliphatic carboxylic acids is 1. The molecule has 3 rings (SSSR count). The molecule has 1 unspecified atom stereocenters. The molecule has 0 radical (unpaired) electrons. The number of nitrogens with one attached hydrogen (secondary N) is 3. The lowest BCUT2D eigenvalue weighted by Gasteiger charge is -2.23. The number of amides is 3. The van der Waals surface area contributed by atoms with Gasteiger partial charge in [-0.1, -0.05) is 67.9 Å². The van der Waals surface area contributed by atoms with E-state index in [9.17, 15) is 24.3 Å². The summed E-state index contributed by atoms with van der Waals surface area (Å²) in [5.74, 6) is -2.33. The van der Waals surface area contributed by atoms with Crippen molar-refractivity contribution in [3.8, 4) is 0 Å². The molecule has 2 aromatic rings. The SMILES string of the molecule is CC(C)C[C@H](SNC(=O)OC(Cc1cccc(Cl)c1)c1ccccc1)C(=O)N[C@@H](C[C@@H]1CCNC1=O)C(=O)O. The zero-order valence-corrected chi connectivity index (χ0v) is 23.5. The van der Waals surface area contributed by atoms with E-state index in [2.05, 4.69) is 15.4 Å². The third-order valence-corrected chi connectivity index (χ3v) is 7.50. The summed E-state index contributed by atoms with van der Waals surface area (Å²) in [7, 11) is 0. The molecule has 4 atom stereocenters. The molecule has 4 N–H and O–H groups in total. The standard InChI is InChI=1S/C28H34ClN3O6S/c1-17(2)13-24(26(34)31-22(27(35)36)16-20-11-12-30-25(20)33)39-32-28(37)38-23(19-8-4-3-5-9-19)15-18-7-6-10-21(29)14-18/h3-10,14,17,20,22-24H,11-13,15-16H2,1-2H3,(H,30,33)(H,31,34)(H,32,37)(H,35,36)/t20-,22-,23?,24-/m0/s1. The predicted molar refractivity (Wildman–Crippen MR) is 150 cm³/mol. The van der Waals surface area contributed by atoms with Crippen molar-refractivity contribution in [3.63, 3.8) is 0 Å². The van der Waals surface area contributed by atoms with Crippen molar-refractivity contribution in [1.82, 2.24) is 15.4 Å². The van der Waals surface area contributed by atoms with Gasteiger partial charge in [-0.25, -0.2) is 9.59 Å². The van der Waals surface area contributed by atoms with Gasteiger partial charge in [-0.3, -0.25) is 14.3 Å². The van der Waals surface area contributed by atoms with Crippen molar-refractivity contribution >= 4 is 47.4 Å². The molecule has 1 aliphatic heterocycles. The third kappa shape index (κ3) is 9.78. The lowest BCUT2D eigenvalue weighted by molar-refractivity contribution is -0.142. The van der Waals surface area contributed by atoms with Crippen LogP contribution in [0.15, 0.2) is 54.6 Å². The molecule has 0 aromatic heterocycles. The van der Waals surface area contributed by atoms with Gasteiger partial charge in [0.05, 0.1) is 0 Å². The van der Waals surface area contributed by atoms with E-state index in [1.165, 1.54) is 0 Å². The predicted octanol–water partition coefficient (Wildman–Crippen LogP) is 4.51. The van der Waals surface area contributed by atoms with Gasteiger partial charge in [-0.05, 0) is 60.4 Å². The molecular formula is C28H34ClN3O6S. The third-order valence-electron chi connectivity index (χ3n) is 6.29. The van der Waals surface area contributed by atoms with Crippen LogP contribution < -0.4 is 15.4 Å². The lowest BCUT2D eigenvalue weighted by atomic mass is 9.98. The first-order valence-electron chi connectivity index (χ1n) is 12.8. The van der Waals surface area contributed by atoms with E-state index in [0.717, 1.165) is 23.1 Å². The fourth-order valence-corrected chi connectivity index (χ4v) is 5.48. The molecule has 1 fully saturated rings. The number of hydrogen-bond donors (Lipinski definition) is 4. The van der Waals surface area contributed by atoms with Gasteiger partial charge in [-0.2, -0.15) is 0 Å². The van der Waals surface area contributed by atoms with Crippen LogP contribution in [0, 0.1) is 11.8 Å². The van der Waals surface area contributed by atoms with E-state index in [1.54, 1.807) is 6.07 Å². The van der Waals surface area contributed by atoms with Crippen LogP contribution in [0.2, 0.25) is 5.02 Å². The van der Waals surface area contributed by atoms with Gasteiger partial charge in [0.15, 0.2) is 0 Å². The second kappa shape index (κ2) is 14.8. The Balaban J connectivity index is 1.64. The van der Waals surface area contributed by atoms with Gasteiger partial charge in [0.25, 0.3) is 0 Å². The van der Waals surface area contributed by atoms with E-state index < -0.39 is 41.3 Å². The number of halogens is 1. The summed E-state index contributed by atoms with van der Waals surface area (Å²) in [6, 6.07) is 15.4. The molecule has 0 saturated carbocycles. The fourth-order valence-electron chi connectivity index (χ4n) is 4.32. The Kier molecular flexibility index (Phi) is 11.5. The summed E-state index contributed by atoms with van der Waals surface area (Å²) in [6.07, 6.45) is -0.0191. The first-order chi connectivity index (χ1) is 18.6. The second-order valence-corrected chi connectivity index (χ2v) is 11.3. The van der Waals surface area contributed by atoms with Crippen molar-refractivity contribution in [2.75, 3.05) is 6.54 Å². The molecule has 1 aliphatic rings. The fraction of sp³-hybridized carbons (Fsp3) is 0.429. The number of carbonyl (C=O) groups excluding carboxylic acids is 3.